The Morgan fingerprint density at radius 1 is 1.18 bits per heavy atom. The van der Waals surface area contributed by atoms with Gasteiger partial charge in [-0.15, -0.1) is 11.3 Å². The maximum absolute atomic E-state index is 13.4. The van der Waals surface area contributed by atoms with Crippen LogP contribution >= 0.6 is 22.9 Å². The van der Waals surface area contributed by atoms with Crippen LogP contribution in [0.2, 0.25) is 5.15 Å². The van der Waals surface area contributed by atoms with Crippen LogP contribution in [-0.4, -0.2) is 35.2 Å². The van der Waals surface area contributed by atoms with E-state index in [1.807, 2.05) is 69.3 Å². The van der Waals surface area contributed by atoms with E-state index in [1.165, 1.54) is 30.4 Å². The Morgan fingerprint density at radius 3 is 2.53 bits per heavy atom. The molecule has 5 rings (SSSR count). The van der Waals surface area contributed by atoms with E-state index in [9.17, 15) is 28.4 Å². The second-order valence-electron chi connectivity index (χ2n) is 11.1. The molecule has 45 heavy (non-hydrogen) atoms. The lowest BCUT2D eigenvalue weighted by molar-refractivity contribution is -0.114. The number of aromatic nitrogens is 2. The van der Waals surface area contributed by atoms with E-state index in [0.717, 1.165) is 33.5 Å². The zero-order chi connectivity index (χ0) is 32.7. The molecular formula is C32H28ClN5O5S2. The lowest BCUT2D eigenvalue weighted by Crippen LogP contribution is -2.20. The highest BCUT2D eigenvalue weighted by Crippen LogP contribution is 2.48. The summed E-state index contributed by atoms with van der Waals surface area (Å²) in [5.41, 5.74) is 3.18. The first-order valence-corrected chi connectivity index (χ1v) is 16.3. The summed E-state index contributed by atoms with van der Waals surface area (Å²) in [4.78, 5) is 23.8. The molecule has 230 valence electrons. The second kappa shape index (κ2) is 12.0. The van der Waals surface area contributed by atoms with E-state index in [2.05, 4.69) is 21.2 Å². The minimum absolute atomic E-state index is 0.0328. The van der Waals surface area contributed by atoms with Crippen molar-refractivity contribution in [3.05, 3.63) is 98.2 Å². The summed E-state index contributed by atoms with van der Waals surface area (Å²) in [6.07, 6.45) is 6.32. The number of hydrogen-bond donors (Lipinski definition) is 3. The van der Waals surface area contributed by atoms with Crippen molar-refractivity contribution in [3.63, 3.8) is 0 Å². The minimum atomic E-state index is -4.30. The number of carbonyl (C=O) groups excluding carboxylic acids is 1. The highest BCUT2D eigenvalue weighted by atomic mass is 35.5. The molecule has 1 amide bonds. The SMILES string of the molecule is CC(=O)Nc1ccc(S(=O)(=O)Nc2sc3c(c2C#N)C=C(/C=C\c2c(C)nn(-c4ccccc4)c2Cl)CC3(C)C)cc1C(=O)O. The number of nitriles is 1. The van der Waals surface area contributed by atoms with Crippen molar-refractivity contribution >= 4 is 67.7 Å². The summed E-state index contributed by atoms with van der Waals surface area (Å²) in [5.74, 6) is -1.91. The molecule has 2 heterocycles. The predicted octanol–water partition coefficient (Wildman–Crippen LogP) is 7.00. The number of nitrogens with one attached hydrogen (secondary N) is 2. The number of hydrogen-bond acceptors (Lipinski definition) is 7. The fourth-order valence-corrected chi connectivity index (χ4v) is 8.08. The van der Waals surface area contributed by atoms with Crippen LogP contribution in [0.3, 0.4) is 0 Å². The van der Waals surface area contributed by atoms with E-state index in [4.69, 9.17) is 11.6 Å². The smallest absolute Gasteiger partial charge is 0.337 e. The van der Waals surface area contributed by atoms with Crippen molar-refractivity contribution in [1.29, 1.82) is 5.26 Å². The lowest BCUT2D eigenvalue weighted by Gasteiger charge is -2.29. The molecule has 0 radical (unpaired) electrons. The van der Waals surface area contributed by atoms with E-state index < -0.39 is 27.3 Å². The van der Waals surface area contributed by atoms with Gasteiger partial charge in [-0.25, -0.2) is 17.9 Å². The van der Waals surface area contributed by atoms with Crippen LogP contribution in [0, 0.1) is 18.3 Å². The van der Waals surface area contributed by atoms with Crippen molar-refractivity contribution < 1.29 is 23.1 Å². The Balaban J connectivity index is 1.49. The Morgan fingerprint density at radius 2 is 1.89 bits per heavy atom. The first-order chi connectivity index (χ1) is 21.2. The molecule has 3 N–H and O–H groups in total. The molecule has 0 saturated carbocycles. The third-order valence-corrected chi connectivity index (χ3v) is 10.6. The van der Waals surface area contributed by atoms with Crippen LogP contribution in [0.1, 0.15) is 64.8 Å². The van der Waals surface area contributed by atoms with E-state index >= 15 is 0 Å². The van der Waals surface area contributed by atoms with Gasteiger partial charge in [-0.2, -0.15) is 10.4 Å². The summed E-state index contributed by atoms with van der Waals surface area (Å²) < 4.78 is 31.0. The monoisotopic (exact) mass is 661 g/mol. The molecule has 0 saturated heterocycles. The number of rotatable bonds is 8. The average molecular weight is 662 g/mol. The van der Waals surface area contributed by atoms with Crippen LogP contribution in [0.15, 0.2) is 65.1 Å². The van der Waals surface area contributed by atoms with Gasteiger partial charge >= 0.3 is 5.97 Å². The molecular weight excluding hydrogens is 634 g/mol. The van der Waals surface area contributed by atoms with Crippen molar-refractivity contribution in [2.45, 2.75) is 44.4 Å². The van der Waals surface area contributed by atoms with Crippen LogP contribution in [0.5, 0.6) is 0 Å². The summed E-state index contributed by atoms with van der Waals surface area (Å²) in [5, 5.41) is 27.3. The molecule has 1 aliphatic rings. The standard InChI is InChI=1S/C32H28ClN5O5S2/c1-18-23(29(33)38(36-18)21-8-6-5-7-9-21)12-10-20-14-24-26(17-34)30(44-28(24)32(3,4)16-20)37-45(42,43)22-11-13-27(35-19(2)39)25(15-22)31(40)41/h5-15,37H,16H2,1-4H3,(H,35,39)(H,40,41)/b12-10-. The predicted molar refractivity (Wildman–Crippen MR) is 176 cm³/mol. The number of amides is 1. The molecule has 0 fully saturated rings. The number of nitrogens with zero attached hydrogens (tertiary/aromatic N) is 3. The maximum atomic E-state index is 13.4. The van der Waals surface area contributed by atoms with Gasteiger partial charge < -0.3 is 10.4 Å². The van der Waals surface area contributed by atoms with Crippen molar-refractivity contribution in [3.8, 4) is 11.8 Å². The number of thiophene rings is 1. The zero-order valence-electron chi connectivity index (χ0n) is 24.7. The number of fused-ring (bicyclic) bond motifs is 1. The number of aromatic carboxylic acids is 1. The molecule has 4 aromatic rings. The number of halogens is 1. The molecule has 10 nitrogen and oxygen atoms in total. The lowest BCUT2D eigenvalue weighted by atomic mass is 9.77. The molecule has 0 bridgehead atoms. The summed E-state index contributed by atoms with van der Waals surface area (Å²) in [6.45, 7) is 7.13. The fraction of sp³-hybridized carbons (Fsp3) is 0.188. The van der Waals surface area contributed by atoms with Crippen LogP contribution in [0.25, 0.3) is 17.8 Å². The second-order valence-corrected chi connectivity index (χ2v) is 14.2. The molecule has 0 spiro atoms. The van der Waals surface area contributed by atoms with Crippen LogP contribution < -0.4 is 10.0 Å². The maximum Gasteiger partial charge on any atom is 0.337 e. The van der Waals surface area contributed by atoms with Gasteiger partial charge in [-0.05, 0) is 61.4 Å². The van der Waals surface area contributed by atoms with E-state index in [-0.39, 0.29) is 26.7 Å². The van der Waals surface area contributed by atoms with Crippen molar-refractivity contribution in [1.82, 2.24) is 9.78 Å². The number of para-hydroxylation sites is 1. The van der Waals surface area contributed by atoms with Gasteiger partial charge in [0.1, 0.15) is 16.2 Å². The van der Waals surface area contributed by atoms with Crippen molar-refractivity contribution in [2.75, 3.05) is 10.0 Å². The number of anilines is 2. The van der Waals surface area contributed by atoms with Gasteiger partial charge in [0.15, 0.2) is 0 Å². The summed E-state index contributed by atoms with van der Waals surface area (Å²) >= 11 is 7.88. The van der Waals surface area contributed by atoms with Gasteiger partial charge in [-0.1, -0.05) is 49.7 Å². The third-order valence-electron chi connectivity index (χ3n) is 7.23. The van der Waals surface area contributed by atoms with Crippen LogP contribution in [-0.2, 0) is 20.2 Å². The molecule has 13 heteroatoms. The van der Waals surface area contributed by atoms with E-state index in [1.54, 1.807) is 4.68 Å². The largest absolute Gasteiger partial charge is 0.478 e. The Bertz CT molecular complexity index is 2070. The highest BCUT2D eigenvalue weighted by molar-refractivity contribution is 7.93. The van der Waals surface area contributed by atoms with Gasteiger partial charge in [0.2, 0.25) is 5.91 Å². The zero-order valence-corrected chi connectivity index (χ0v) is 27.1. The summed E-state index contributed by atoms with van der Waals surface area (Å²) in [7, 11) is -4.30. The molecule has 0 unspecified atom stereocenters. The summed E-state index contributed by atoms with van der Waals surface area (Å²) in [6, 6.07) is 15.1. The number of aryl methyl sites for hydroxylation is 1. The van der Waals surface area contributed by atoms with Crippen LogP contribution in [0.4, 0.5) is 10.7 Å². The van der Waals surface area contributed by atoms with Crippen molar-refractivity contribution in [2.24, 2.45) is 0 Å². The van der Waals surface area contributed by atoms with Gasteiger partial charge in [-0.3, -0.25) is 9.52 Å². The Kier molecular flexibility index (Phi) is 8.46. The molecule has 0 aliphatic heterocycles. The Hall–Kier alpha value is -4.70. The topological polar surface area (TPSA) is 154 Å². The number of benzene rings is 2. The number of carbonyl (C=O) groups is 2. The number of carboxylic acid groups (broad SMARTS) is 1. The third kappa shape index (κ3) is 6.28. The first-order valence-electron chi connectivity index (χ1n) is 13.7. The van der Waals surface area contributed by atoms with Gasteiger partial charge in [0, 0.05) is 28.3 Å². The molecule has 1 aliphatic carbocycles. The normalized spacial score (nSPS) is 14.0. The number of sulfonamides is 1. The van der Waals surface area contributed by atoms with Gasteiger partial charge in [0.05, 0.1) is 33.1 Å². The number of allylic oxidation sites excluding steroid dienone is 2. The average Bonchev–Trinajstić information content (AvgIpc) is 3.47. The minimum Gasteiger partial charge on any atom is -0.478 e. The fourth-order valence-electron chi connectivity index (χ4n) is 5.18. The first kappa shape index (κ1) is 31.7. The number of carboxylic acids is 1. The Labute approximate surface area is 269 Å². The highest BCUT2D eigenvalue weighted by Gasteiger charge is 2.34. The quantitative estimate of drug-likeness (QED) is 0.184. The molecule has 2 aromatic carbocycles. The van der Waals surface area contributed by atoms with Gasteiger partial charge in [0.25, 0.3) is 10.0 Å². The molecule has 0 atom stereocenters. The van der Waals surface area contributed by atoms with E-state index in [0.29, 0.717) is 17.1 Å². The molecule has 2 aromatic heterocycles.